The van der Waals surface area contributed by atoms with Crippen LogP contribution in [-0.4, -0.2) is 46.9 Å². The van der Waals surface area contributed by atoms with E-state index in [-0.39, 0.29) is 24.6 Å². The number of rotatable bonds is 6. The van der Waals surface area contributed by atoms with Crippen molar-refractivity contribution in [3.8, 4) is 0 Å². The van der Waals surface area contributed by atoms with Crippen molar-refractivity contribution in [3.63, 3.8) is 0 Å². The van der Waals surface area contributed by atoms with E-state index in [2.05, 4.69) is 5.32 Å². The number of aliphatic carboxylic acids is 1. The van der Waals surface area contributed by atoms with Gasteiger partial charge in [-0.25, -0.2) is 9.18 Å². The van der Waals surface area contributed by atoms with E-state index in [1.54, 1.807) is 13.0 Å². The summed E-state index contributed by atoms with van der Waals surface area (Å²) in [5, 5.41) is 11.6. The van der Waals surface area contributed by atoms with Gasteiger partial charge in [-0.2, -0.15) is 0 Å². The third-order valence-electron chi connectivity index (χ3n) is 3.17. The molecule has 0 bridgehead atoms. The number of benzene rings is 1. The lowest BCUT2D eigenvalue weighted by molar-refractivity contribution is -0.141. The fraction of sp³-hybridized carbons (Fsp3) is 0.400. The van der Waals surface area contributed by atoms with Crippen LogP contribution in [0, 0.1) is 12.7 Å². The minimum Gasteiger partial charge on any atom is -0.480 e. The lowest BCUT2D eigenvalue weighted by Crippen LogP contribution is -2.47. The number of hydrogen-bond acceptors (Lipinski definition) is 3. The molecule has 6 nitrogen and oxygen atoms in total. The Morgan fingerprint density at radius 3 is 2.50 bits per heavy atom. The number of halogens is 1. The number of nitrogens with zero attached hydrogens (tertiary/aromatic N) is 1. The lowest BCUT2D eigenvalue weighted by Gasteiger charge is -2.27. The molecule has 1 unspecified atom stereocenters. The van der Waals surface area contributed by atoms with Crippen LogP contribution < -0.4 is 5.32 Å². The molecule has 0 aliphatic heterocycles. The molecule has 1 aromatic carbocycles. The Hall–Kier alpha value is -2.44. The highest BCUT2D eigenvalue weighted by molar-refractivity contribution is 5.96. The number of carboxylic acids is 1. The van der Waals surface area contributed by atoms with Gasteiger partial charge in [0.25, 0.3) is 5.91 Å². The highest BCUT2D eigenvalue weighted by Gasteiger charge is 2.27. The molecule has 2 amide bonds. The van der Waals surface area contributed by atoms with Crippen molar-refractivity contribution >= 4 is 17.8 Å². The molecule has 0 aliphatic carbocycles. The third kappa shape index (κ3) is 4.54. The van der Waals surface area contributed by atoms with E-state index >= 15 is 0 Å². The van der Waals surface area contributed by atoms with Crippen LogP contribution in [0.4, 0.5) is 4.39 Å². The van der Waals surface area contributed by atoms with Gasteiger partial charge in [0.1, 0.15) is 11.9 Å². The van der Waals surface area contributed by atoms with Crippen LogP contribution >= 0.6 is 0 Å². The number of amides is 2. The molecule has 22 heavy (non-hydrogen) atoms. The summed E-state index contributed by atoms with van der Waals surface area (Å²) in [4.78, 5) is 35.4. The van der Waals surface area contributed by atoms with Gasteiger partial charge in [0.05, 0.1) is 5.56 Å². The van der Waals surface area contributed by atoms with Gasteiger partial charge < -0.3 is 15.3 Å². The van der Waals surface area contributed by atoms with Crippen LogP contribution in [0.5, 0.6) is 0 Å². The van der Waals surface area contributed by atoms with Gasteiger partial charge in [-0.05, 0) is 31.5 Å². The van der Waals surface area contributed by atoms with Crippen molar-refractivity contribution < 1.29 is 23.9 Å². The maximum Gasteiger partial charge on any atom is 0.326 e. The first-order chi connectivity index (χ1) is 10.2. The monoisotopic (exact) mass is 310 g/mol. The number of carboxylic acid groups (broad SMARTS) is 1. The minimum atomic E-state index is -1.20. The molecule has 0 saturated heterocycles. The summed E-state index contributed by atoms with van der Waals surface area (Å²) in [5.41, 5.74) is 0.464. The van der Waals surface area contributed by atoms with E-state index in [0.29, 0.717) is 5.56 Å². The molecule has 0 radical (unpaired) electrons. The fourth-order valence-electron chi connectivity index (χ4n) is 1.91. The summed E-state index contributed by atoms with van der Waals surface area (Å²) in [6.07, 6.45) is 0. The highest BCUT2D eigenvalue weighted by atomic mass is 19.1. The van der Waals surface area contributed by atoms with Crippen LogP contribution in [0.1, 0.15) is 29.8 Å². The summed E-state index contributed by atoms with van der Waals surface area (Å²) in [5.74, 6) is -2.93. The van der Waals surface area contributed by atoms with Crippen molar-refractivity contribution in [2.75, 3.05) is 13.1 Å². The molecule has 1 atom stereocenters. The topological polar surface area (TPSA) is 86.7 Å². The standard InChI is InChI=1S/C15H19FN2O4/c1-9-4-5-12(13(16)8-9)14(20)18(10(2)15(21)22)7-6-17-11(3)19/h4-5,8,10H,6-7H2,1-3H3,(H,17,19)(H,21,22). The molecule has 0 aromatic heterocycles. The second-order valence-corrected chi connectivity index (χ2v) is 4.98. The molecule has 120 valence electrons. The second kappa shape index (κ2) is 7.53. The zero-order valence-electron chi connectivity index (χ0n) is 12.7. The Labute approximate surface area is 127 Å². The van der Waals surface area contributed by atoms with Crippen molar-refractivity contribution in [2.45, 2.75) is 26.8 Å². The molecular formula is C15H19FN2O4. The predicted octanol–water partition coefficient (Wildman–Crippen LogP) is 1.19. The molecular weight excluding hydrogens is 291 g/mol. The maximum absolute atomic E-state index is 13.9. The first-order valence-corrected chi connectivity index (χ1v) is 6.78. The number of aryl methyl sites for hydroxylation is 1. The third-order valence-corrected chi connectivity index (χ3v) is 3.17. The van der Waals surface area contributed by atoms with E-state index in [0.717, 1.165) is 4.90 Å². The largest absolute Gasteiger partial charge is 0.480 e. The molecule has 7 heteroatoms. The average Bonchev–Trinajstić information content (AvgIpc) is 2.42. The molecule has 2 N–H and O–H groups in total. The van der Waals surface area contributed by atoms with Gasteiger partial charge in [0.2, 0.25) is 5.91 Å². The van der Waals surface area contributed by atoms with Crippen molar-refractivity contribution in [1.29, 1.82) is 0 Å². The SMILES string of the molecule is CC(=O)NCCN(C(=O)c1ccc(C)cc1F)C(C)C(=O)O. The summed E-state index contributed by atoms with van der Waals surface area (Å²) in [6.45, 7) is 4.39. The van der Waals surface area contributed by atoms with Crippen molar-refractivity contribution in [3.05, 3.63) is 35.1 Å². The zero-order valence-corrected chi connectivity index (χ0v) is 12.7. The average molecular weight is 310 g/mol. The summed E-state index contributed by atoms with van der Waals surface area (Å²) < 4.78 is 13.9. The number of carbonyl (C=O) groups excluding carboxylic acids is 2. The molecule has 0 fully saturated rings. The van der Waals surface area contributed by atoms with Crippen molar-refractivity contribution in [2.24, 2.45) is 0 Å². The Kier molecular flexibility index (Phi) is 6.03. The van der Waals surface area contributed by atoms with Gasteiger partial charge in [0.15, 0.2) is 0 Å². The normalized spacial score (nSPS) is 11.6. The highest BCUT2D eigenvalue weighted by Crippen LogP contribution is 2.14. The van der Waals surface area contributed by atoms with Crippen LogP contribution in [0.3, 0.4) is 0 Å². The van der Waals surface area contributed by atoms with E-state index < -0.39 is 23.7 Å². The molecule has 0 spiro atoms. The van der Waals surface area contributed by atoms with Crippen molar-refractivity contribution in [1.82, 2.24) is 10.2 Å². The second-order valence-electron chi connectivity index (χ2n) is 4.98. The summed E-state index contributed by atoms with van der Waals surface area (Å²) in [6, 6.07) is 2.98. The lowest BCUT2D eigenvalue weighted by atomic mass is 10.1. The van der Waals surface area contributed by atoms with Gasteiger partial charge >= 0.3 is 5.97 Å². The number of hydrogen-bond donors (Lipinski definition) is 2. The summed E-state index contributed by atoms with van der Waals surface area (Å²) >= 11 is 0. The Morgan fingerprint density at radius 2 is 2.00 bits per heavy atom. The minimum absolute atomic E-state index is 0.0286. The number of nitrogens with one attached hydrogen (secondary N) is 1. The van der Waals surface area contributed by atoms with E-state index in [1.165, 1.54) is 26.0 Å². The van der Waals surface area contributed by atoms with E-state index in [4.69, 9.17) is 5.11 Å². The molecule has 0 saturated carbocycles. The van der Waals surface area contributed by atoms with Crippen LogP contribution in [0.15, 0.2) is 18.2 Å². The Morgan fingerprint density at radius 1 is 1.36 bits per heavy atom. The van der Waals surface area contributed by atoms with Crippen LogP contribution in [-0.2, 0) is 9.59 Å². The molecule has 1 aromatic rings. The first kappa shape index (κ1) is 17.6. The molecule has 0 aliphatic rings. The summed E-state index contributed by atoms with van der Waals surface area (Å²) in [7, 11) is 0. The Bertz CT molecular complexity index is 589. The fourth-order valence-corrected chi connectivity index (χ4v) is 1.91. The zero-order chi connectivity index (χ0) is 16.9. The van der Waals surface area contributed by atoms with Crippen LogP contribution in [0.25, 0.3) is 0 Å². The predicted molar refractivity (Wildman–Crippen MR) is 78.0 cm³/mol. The van der Waals surface area contributed by atoms with E-state index in [9.17, 15) is 18.8 Å². The Balaban J connectivity index is 3.00. The molecule has 0 heterocycles. The number of carbonyl (C=O) groups is 3. The molecule has 1 rings (SSSR count). The van der Waals surface area contributed by atoms with Crippen LogP contribution in [0.2, 0.25) is 0 Å². The maximum atomic E-state index is 13.9. The smallest absolute Gasteiger partial charge is 0.326 e. The van der Waals surface area contributed by atoms with Gasteiger partial charge in [-0.3, -0.25) is 9.59 Å². The quantitative estimate of drug-likeness (QED) is 0.826. The van der Waals surface area contributed by atoms with E-state index in [1.807, 2.05) is 0 Å². The first-order valence-electron chi connectivity index (χ1n) is 6.78. The van der Waals surface area contributed by atoms with Gasteiger partial charge in [0, 0.05) is 20.0 Å². The van der Waals surface area contributed by atoms with Gasteiger partial charge in [-0.15, -0.1) is 0 Å². The van der Waals surface area contributed by atoms with Gasteiger partial charge in [-0.1, -0.05) is 6.07 Å².